The molecule has 2 rings (SSSR count). The number of nitrogens with zero attached hydrogens (tertiary/aromatic N) is 3. The van der Waals surface area contributed by atoms with Crippen molar-refractivity contribution >= 4 is 0 Å². The van der Waals surface area contributed by atoms with Crippen LogP contribution >= 0.6 is 0 Å². The van der Waals surface area contributed by atoms with E-state index in [-0.39, 0.29) is 5.54 Å². The van der Waals surface area contributed by atoms with E-state index in [9.17, 15) is 5.26 Å². The highest BCUT2D eigenvalue weighted by Crippen LogP contribution is 2.20. The lowest BCUT2D eigenvalue weighted by Crippen LogP contribution is -2.45. The number of ether oxygens (including phenoxy) is 1. The van der Waals surface area contributed by atoms with Crippen molar-refractivity contribution in [3.05, 3.63) is 0 Å². The van der Waals surface area contributed by atoms with Crippen LogP contribution in [0.3, 0.4) is 0 Å². The molecule has 0 aliphatic carbocycles. The van der Waals surface area contributed by atoms with Gasteiger partial charge < -0.3 is 15.0 Å². The van der Waals surface area contributed by atoms with Gasteiger partial charge in [-0.1, -0.05) is 6.92 Å². The molecule has 2 heterocycles. The molecule has 0 saturated carbocycles. The van der Waals surface area contributed by atoms with Gasteiger partial charge in [0.05, 0.1) is 19.3 Å². The zero-order chi connectivity index (χ0) is 15.1. The van der Waals surface area contributed by atoms with Crippen molar-refractivity contribution in [2.45, 2.75) is 44.2 Å². The van der Waals surface area contributed by atoms with Gasteiger partial charge in [0, 0.05) is 25.7 Å². The van der Waals surface area contributed by atoms with Gasteiger partial charge >= 0.3 is 0 Å². The fourth-order valence-corrected chi connectivity index (χ4v) is 3.53. The summed E-state index contributed by atoms with van der Waals surface area (Å²) in [5, 5.41) is 12.5. The standard InChI is InChI=1S/C16H30N4O/c1-3-16(14-17,18-2)6-4-7-19-8-5-15(13-19)20-9-11-21-12-10-20/h15,18H,3-13H2,1-2H3. The monoisotopic (exact) mass is 294 g/mol. The van der Waals surface area contributed by atoms with Gasteiger partial charge in [-0.2, -0.15) is 5.26 Å². The Bertz CT molecular complexity index is 345. The maximum atomic E-state index is 9.34. The number of morpholine rings is 1. The number of rotatable bonds is 7. The Morgan fingerprint density at radius 3 is 2.71 bits per heavy atom. The molecule has 2 saturated heterocycles. The molecule has 0 bridgehead atoms. The Balaban J connectivity index is 1.69. The van der Waals surface area contributed by atoms with E-state index in [2.05, 4.69) is 28.1 Å². The van der Waals surface area contributed by atoms with E-state index in [0.29, 0.717) is 6.04 Å². The predicted octanol–water partition coefficient (Wildman–Crippen LogP) is 1.06. The van der Waals surface area contributed by atoms with Gasteiger partial charge in [0.25, 0.3) is 0 Å². The molecule has 5 heteroatoms. The van der Waals surface area contributed by atoms with E-state index in [4.69, 9.17) is 4.74 Å². The number of nitrogens with one attached hydrogen (secondary N) is 1. The van der Waals surface area contributed by atoms with Crippen molar-refractivity contribution < 1.29 is 4.74 Å². The van der Waals surface area contributed by atoms with Gasteiger partial charge in [-0.3, -0.25) is 4.90 Å². The molecule has 0 amide bonds. The Labute approximate surface area is 129 Å². The number of hydrogen-bond acceptors (Lipinski definition) is 5. The molecule has 0 spiro atoms. The van der Waals surface area contributed by atoms with Crippen LogP contribution in [0.5, 0.6) is 0 Å². The lowest BCUT2D eigenvalue weighted by molar-refractivity contribution is 0.0185. The van der Waals surface area contributed by atoms with Crippen molar-refractivity contribution in [2.75, 3.05) is 53.0 Å². The minimum absolute atomic E-state index is 0.330. The van der Waals surface area contributed by atoms with Gasteiger partial charge in [0.2, 0.25) is 0 Å². The number of hydrogen-bond donors (Lipinski definition) is 1. The molecule has 2 atom stereocenters. The summed E-state index contributed by atoms with van der Waals surface area (Å²) in [5.74, 6) is 0. The minimum Gasteiger partial charge on any atom is -0.379 e. The predicted molar refractivity (Wildman–Crippen MR) is 84.2 cm³/mol. The van der Waals surface area contributed by atoms with Crippen molar-refractivity contribution in [1.29, 1.82) is 5.26 Å². The van der Waals surface area contributed by atoms with Gasteiger partial charge in [0.1, 0.15) is 5.54 Å². The summed E-state index contributed by atoms with van der Waals surface area (Å²) in [6, 6.07) is 3.16. The molecule has 0 aromatic carbocycles. The Hall–Kier alpha value is -0.670. The summed E-state index contributed by atoms with van der Waals surface area (Å²) in [5.41, 5.74) is -0.330. The summed E-state index contributed by atoms with van der Waals surface area (Å²) < 4.78 is 5.43. The Morgan fingerprint density at radius 2 is 2.10 bits per heavy atom. The summed E-state index contributed by atoms with van der Waals surface area (Å²) in [4.78, 5) is 5.15. The molecule has 0 aromatic heterocycles. The van der Waals surface area contributed by atoms with E-state index in [0.717, 1.165) is 52.1 Å². The molecule has 2 aliphatic rings. The van der Waals surface area contributed by atoms with Crippen LogP contribution in [0.4, 0.5) is 0 Å². The van der Waals surface area contributed by atoms with Crippen molar-refractivity contribution in [2.24, 2.45) is 0 Å². The van der Waals surface area contributed by atoms with Crippen molar-refractivity contribution in [3.8, 4) is 6.07 Å². The van der Waals surface area contributed by atoms with Crippen molar-refractivity contribution in [1.82, 2.24) is 15.1 Å². The van der Waals surface area contributed by atoms with E-state index in [1.807, 2.05) is 7.05 Å². The fraction of sp³-hybridized carbons (Fsp3) is 0.938. The maximum Gasteiger partial charge on any atom is 0.106 e. The molecule has 0 aromatic rings. The first-order valence-corrected chi connectivity index (χ1v) is 8.37. The smallest absolute Gasteiger partial charge is 0.106 e. The summed E-state index contributed by atoms with van der Waals surface area (Å²) in [6.45, 7) is 9.55. The second kappa shape index (κ2) is 8.09. The Morgan fingerprint density at radius 1 is 1.33 bits per heavy atom. The maximum absolute atomic E-state index is 9.34. The highest BCUT2D eigenvalue weighted by molar-refractivity contribution is 5.05. The van der Waals surface area contributed by atoms with Gasteiger partial charge in [-0.25, -0.2) is 0 Å². The van der Waals surface area contributed by atoms with Crippen LogP contribution in [0.25, 0.3) is 0 Å². The van der Waals surface area contributed by atoms with Crippen LogP contribution in [0.1, 0.15) is 32.6 Å². The highest BCUT2D eigenvalue weighted by atomic mass is 16.5. The molecule has 1 N–H and O–H groups in total. The molecule has 120 valence electrons. The van der Waals surface area contributed by atoms with E-state index < -0.39 is 0 Å². The third kappa shape index (κ3) is 4.40. The van der Waals surface area contributed by atoms with Gasteiger partial charge in [-0.05, 0) is 45.8 Å². The lowest BCUT2D eigenvalue weighted by atomic mass is 9.92. The largest absolute Gasteiger partial charge is 0.379 e. The summed E-state index contributed by atoms with van der Waals surface area (Å²) >= 11 is 0. The quantitative estimate of drug-likeness (QED) is 0.761. The number of likely N-dealkylation sites (tertiary alicyclic amines) is 1. The molecular formula is C16H30N4O. The molecule has 2 unspecified atom stereocenters. The second-order valence-electron chi connectivity index (χ2n) is 6.29. The highest BCUT2D eigenvalue weighted by Gasteiger charge is 2.29. The van der Waals surface area contributed by atoms with Crippen LogP contribution in [0.15, 0.2) is 0 Å². The number of nitriles is 1. The third-order valence-corrected chi connectivity index (χ3v) is 5.18. The van der Waals surface area contributed by atoms with E-state index in [1.54, 1.807) is 0 Å². The van der Waals surface area contributed by atoms with E-state index in [1.165, 1.54) is 19.5 Å². The van der Waals surface area contributed by atoms with Crippen LogP contribution in [-0.4, -0.2) is 74.4 Å². The zero-order valence-corrected chi connectivity index (χ0v) is 13.6. The van der Waals surface area contributed by atoms with Crippen LogP contribution in [-0.2, 0) is 4.74 Å². The molecule has 2 fully saturated rings. The first-order chi connectivity index (χ1) is 10.2. The Kier molecular flexibility index (Phi) is 6.43. The summed E-state index contributed by atoms with van der Waals surface area (Å²) in [6.07, 6.45) is 4.19. The average Bonchev–Trinajstić information content (AvgIpc) is 3.02. The minimum atomic E-state index is -0.330. The van der Waals surface area contributed by atoms with Crippen LogP contribution in [0, 0.1) is 11.3 Å². The fourth-order valence-electron chi connectivity index (χ4n) is 3.53. The molecule has 21 heavy (non-hydrogen) atoms. The van der Waals surface area contributed by atoms with E-state index >= 15 is 0 Å². The third-order valence-electron chi connectivity index (χ3n) is 5.18. The van der Waals surface area contributed by atoms with Gasteiger partial charge in [0.15, 0.2) is 0 Å². The first kappa shape index (κ1) is 16.7. The topological polar surface area (TPSA) is 51.5 Å². The molecular weight excluding hydrogens is 264 g/mol. The molecule has 2 aliphatic heterocycles. The van der Waals surface area contributed by atoms with Gasteiger partial charge in [-0.15, -0.1) is 0 Å². The molecule has 5 nitrogen and oxygen atoms in total. The normalized spacial score (nSPS) is 27.4. The first-order valence-electron chi connectivity index (χ1n) is 8.37. The second-order valence-corrected chi connectivity index (χ2v) is 6.29. The van der Waals surface area contributed by atoms with Crippen LogP contribution < -0.4 is 5.32 Å². The zero-order valence-electron chi connectivity index (χ0n) is 13.6. The van der Waals surface area contributed by atoms with Crippen LogP contribution in [0.2, 0.25) is 0 Å². The SMILES string of the molecule is CCC(C#N)(CCCN1CCC(N2CCOCC2)C1)NC. The molecule has 0 radical (unpaired) electrons. The average molecular weight is 294 g/mol. The lowest BCUT2D eigenvalue weighted by Gasteiger charge is -2.32. The van der Waals surface area contributed by atoms with Crippen molar-refractivity contribution in [3.63, 3.8) is 0 Å². The summed E-state index contributed by atoms with van der Waals surface area (Å²) in [7, 11) is 1.90.